The third-order valence-electron chi connectivity index (χ3n) is 5.57. The zero-order chi connectivity index (χ0) is 25.3. The molecule has 0 aliphatic heterocycles. The van der Waals surface area contributed by atoms with Crippen LogP contribution in [0, 0.1) is 15.5 Å². The number of nitro groups is 1. The predicted molar refractivity (Wildman–Crippen MR) is 130 cm³/mol. The molecule has 0 spiro atoms. The second-order valence-corrected chi connectivity index (χ2v) is 10.2. The summed E-state index contributed by atoms with van der Waals surface area (Å²) in [5.41, 5.74) is 1.27. The van der Waals surface area contributed by atoms with Gasteiger partial charge in [-0.2, -0.15) is 0 Å². The lowest BCUT2D eigenvalue weighted by atomic mass is 9.72. The van der Waals surface area contributed by atoms with E-state index in [-0.39, 0.29) is 33.8 Å². The molecule has 0 aliphatic rings. The molecule has 34 heavy (non-hydrogen) atoms. The highest BCUT2D eigenvalue weighted by Crippen LogP contribution is 2.40. The van der Waals surface area contributed by atoms with Gasteiger partial charge in [-0.15, -0.1) is 10.2 Å². The maximum Gasteiger partial charge on any atom is 0.311 e. The van der Waals surface area contributed by atoms with E-state index in [0.717, 1.165) is 17.5 Å². The first-order chi connectivity index (χ1) is 15.8. The molecule has 0 saturated heterocycles. The number of fused-ring (bicyclic) bond motifs is 1. The molecular formula is C25H30N4O5. The van der Waals surface area contributed by atoms with E-state index in [1.165, 1.54) is 16.7 Å². The largest absolute Gasteiger partial charge is 0.493 e. The lowest BCUT2D eigenvalue weighted by Crippen LogP contribution is -2.25. The Kier molecular flexibility index (Phi) is 6.77. The van der Waals surface area contributed by atoms with E-state index in [1.807, 2.05) is 26.0 Å². The molecule has 0 saturated carbocycles. The average molecular weight is 467 g/mol. The number of para-hydroxylation sites is 1. The number of hydrogen-bond donors (Lipinski definition) is 1. The van der Waals surface area contributed by atoms with Gasteiger partial charge in [-0.05, 0) is 34.9 Å². The Labute approximate surface area is 198 Å². The summed E-state index contributed by atoms with van der Waals surface area (Å²) in [6, 6.07) is 12.0. The number of aromatic nitrogens is 1. The van der Waals surface area contributed by atoms with E-state index in [9.17, 15) is 20.0 Å². The number of nitrogens with zero attached hydrogens (tertiary/aromatic N) is 4. The molecule has 9 nitrogen and oxygen atoms in total. The summed E-state index contributed by atoms with van der Waals surface area (Å²) in [7, 11) is 1.67. The number of hydrogen-bond acceptors (Lipinski definition) is 6. The monoisotopic (exact) mass is 466 g/mol. The van der Waals surface area contributed by atoms with Crippen molar-refractivity contribution in [3.05, 3.63) is 58.1 Å². The molecule has 1 N–H and O–H groups in total. The Morgan fingerprint density at radius 1 is 1.15 bits per heavy atom. The number of rotatable bonds is 7. The third-order valence-corrected chi connectivity index (χ3v) is 5.57. The Morgan fingerprint density at radius 2 is 1.82 bits per heavy atom. The summed E-state index contributed by atoms with van der Waals surface area (Å²) in [5, 5.41) is 30.1. The Bertz CT molecular complexity index is 1270. The Balaban J connectivity index is 1.77. The first kappa shape index (κ1) is 24.9. The molecule has 3 rings (SSSR count). The van der Waals surface area contributed by atoms with Gasteiger partial charge in [-0.3, -0.25) is 14.9 Å². The normalized spacial score (nSPS) is 12.4. The minimum absolute atomic E-state index is 0.0168. The van der Waals surface area contributed by atoms with Crippen molar-refractivity contribution in [3.63, 3.8) is 0 Å². The summed E-state index contributed by atoms with van der Waals surface area (Å²) >= 11 is 0. The summed E-state index contributed by atoms with van der Waals surface area (Å²) in [6.07, 6.45) is 0.831. The van der Waals surface area contributed by atoms with Crippen LogP contribution >= 0.6 is 0 Å². The number of benzene rings is 2. The van der Waals surface area contributed by atoms with Gasteiger partial charge < -0.3 is 14.4 Å². The van der Waals surface area contributed by atoms with Crippen LogP contribution in [-0.4, -0.2) is 27.1 Å². The topological polar surface area (TPSA) is 119 Å². The maximum absolute atomic E-state index is 12.3. The summed E-state index contributed by atoms with van der Waals surface area (Å²) in [4.78, 5) is 23.4. The number of nitro benzene ring substituents is 1. The quantitative estimate of drug-likeness (QED) is 0.253. The Morgan fingerprint density at radius 3 is 2.47 bits per heavy atom. The zero-order valence-corrected chi connectivity index (χ0v) is 20.3. The van der Waals surface area contributed by atoms with Gasteiger partial charge in [-0.25, -0.2) is 0 Å². The number of azo groups is 1. The minimum atomic E-state index is -0.737. The SMILES string of the molecule is Cn1c(O)c(N=NC(=O)COc2ccc(C(C)(C)CC(C)(C)C)cc2[N+](=O)[O-])c2ccccc21. The van der Waals surface area contributed by atoms with Gasteiger partial charge in [0.2, 0.25) is 5.88 Å². The van der Waals surface area contributed by atoms with Crippen molar-refractivity contribution in [1.29, 1.82) is 0 Å². The molecular weight excluding hydrogens is 436 g/mol. The molecule has 0 radical (unpaired) electrons. The molecule has 3 aromatic rings. The van der Waals surface area contributed by atoms with Crippen molar-refractivity contribution in [3.8, 4) is 11.6 Å². The van der Waals surface area contributed by atoms with Crippen LogP contribution in [0.2, 0.25) is 0 Å². The van der Waals surface area contributed by atoms with Crippen LogP contribution < -0.4 is 4.74 Å². The number of ether oxygens (including phenoxy) is 1. The fraction of sp³-hybridized carbons (Fsp3) is 0.400. The molecule has 1 heterocycles. The smallest absolute Gasteiger partial charge is 0.311 e. The predicted octanol–water partition coefficient (Wildman–Crippen LogP) is 6.20. The second-order valence-electron chi connectivity index (χ2n) is 10.2. The van der Waals surface area contributed by atoms with Gasteiger partial charge in [0.1, 0.15) is 0 Å². The fourth-order valence-corrected chi connectivity index (χ4v) is 4.36. The lowest BCUT2D eigenvalue weighted by Gasteiger charge is -2.33. The summed E-state index contributed by atoms with van der Waals surface area (Å²) in [6.45, 7) is 9.94. The van der Waals surface area contributed by atoms with Crippen molar-refractivity contribution >= 4 is 28.2 Å². The van der Waals surface area contributed by atoms with Crippen molar-refractivity contribution < 1.29 is 19.6 Å². The van der Waals surface area contributed by atoms with E-state index < -0.39 is 17.4 Å². The van der Waals surface area contributed by atoms with Gasteiger partial charge in [0.15, 0.2) is 18.0 Å². The second kappa shape index (κ2) is 9.24. The number of aromatic hydroxyl groups is 1. The maximum atomic E-state index is 12.3. The first-order valence-corrected chi connectivity index (χ1v) is 10.9. The molecule has 0 unspecified atom stereocenters. The van der Waals surface area contributed by atoms with E-state index in [4.69, 9.17) is 4.74 Å². The standard InChI is InChI=1S/C25H30N4O5/c1-24(2,3)15-25(4,5)16-11-12-20(19(13-16)29(32)33)34-14-21(30)26-27-22-17-9-7-8-10-18(17)28(6)23(22)31/h7-13,31H,14-15H2,1-6H3. The molecule has 1 aromatic heterocycles. The molecule has 1 amide bonds. The molecule has 2 aromatic carbocycles. The molecule has 0 aliphatic carbocycles. The summed E-state index contributed by atoms with van der Waals surface area (Å²) < 4.78 is 6.97. The van der Waals surface area contributed by atoms with E-state index in [0.29, 0.717) is 5.39 Å². The molecule has 0 fully saturated rings. The van der Waals surface area contributed by atoms with Crippen molar-refractivity contribution in [2.24, 2.45) is 22.7 Å². The van der Waals surface area contributed by atoms with E-state index >= 15 is 0 Å². The van der Waals surface area contributed by atoms with Crippen molar-refractivity contribution in [2.45, 2.75) is 46.5 Å². The molecule has 180 valence electrons. The highest BCUT2D eigenvalue weighted by Gasteiger charge is 2.30. The summed E-state index contributed by atoms with van der Waals surface area (Å²) in [5.74, 6) is -0.876. The van der Waals surface area contributed by atoms with Crippen LogP contribution in [0.5, 0.6) is 11.6 Å². The number of amides is 1. The van der Waals surface area contributed by atoms with Crippen LogP contribution in [0.25, 0.3) is 10.9 Å². The number of carbonyl (C=O) groups is 1. The average Bonchev–Trinajstić information content (AvgIpc) is 2.99. The van der Waals surface area contributed by atoms with Gasteiger partial charge in [0.05, 0.1) is 10.4 Å². The van der Waals surface area contributed by atoms with Gasteiger partial charge >= 0.3 is 11.6 Å². The highest BCUT2D eigenvalue weighted by molar-refractivity contribution is 5.95. The lowest BCUT2D eigenvalue weighted by molar-refractivity contribution is -0.385. The number of aryl methyl sites for hydroxylation is 1. The highest BCUT2D eigenvalue weighted by atomic mass is 16.6. The van der Waals surface area contributed by atoms with Gasteiger partial charge in [0, 0.05) is 18.5 Å². The van der Waals surface area contributed by atoms with Crippen LogP contribution in [-0.2, 0) is 17.3 Å². The van der Waals surface area contributed by atoms with Gasteiger partial charge in [0.25, 0.3) is 0 Å². The van der Waals surface area contributed by atoms with Crippen molar-refractivity contribution in [2.75, 3.05) is 6.61 Å². The van der Waals surface area contributed by atoms with Crippen LogP contribution in [0.3, 0.4) is 0 Å². The van der Waals surface area contributed by atoms with Crippen LogP contribution in [0.15, 0.2) is 52.7 Å². The van der Waals surface area contributed by atoms with Crippen LogP contribution in [0.4, 0.5) is 11.4 Å². The number of carbonyl (C=O) groups excluding carboxylic acids is 1. The zero-order valence-electron chi connectivity index (χ0n) is 20.3. The Hall–Kier alpha value is -3.75. The van der Waals surface area contributed by atoms with Gasteiger partial charge in [-0.1, -0.05) is 58.9 Å². The first-order valence-electron chi connectivity index (χ1n) is 10.9. The molecule has 0 bridgehead atoms. The van der Waals surface area contributed by atoms with Crippen molar-refractivity contribution in [1.82, 2.24) is 4.57 Å². The molecule has 0 atom stereocenters. The third kappa shape index (κ3) is 5.41. The fourth-order valence-electron chi connectivity index (χ4n) is 4.36. The minimum Gasteiger partial charge on any atom is -0.493 e. The molecule has 9 heteroatoms. The van der Waals surface area contributed by atoms with E-state index in [1.54, 1.807) is 25.2 Å². The van der Waals surface area contributed by atoms with E-state index in [2.05, 4.69) is 31.0 Å². The van der Waals surface area contributed by atoms with Crippen LogP contribution in [0.1, 0.15) is 46.6 Å².